The summed E-state index contributed by atoms with van der Waals surface area (Å²) in [5.41, 5.74) is 1.70. The maximum absolute atomic E-state index is 12.3. The molecule has 0 saturated heterocycles. The van der Waals surface area contributed by atoms with E-state index in [9.17, 15) is 4.79 Å². The number of ether oxygens (including phenoxy) is 1. The molecule has 0 aromatic heterocycles. The lowest BCUT2D eigenvalue weighted by atomic mass is 10.1. The van der Waals surface area contributed by atoms with Crippen molar-refractivity contribution in [3.63, 3.8) is 0 Å². The van der Waals surface area contributed by atoms with Crippen LogP contribution in [-0.2, 0) is 4.74 Å². The third kappa shape index (κ3) is 3.39. The fraction of sp³-hybridized carbons (Fsp3) is 0.0952. The molecule has 0 unspecified atom stereocenters. The van der Waals surface area contributed by atoms with Crippen LogP contribution in [0.15, 0.2) is 78.9 Å². The van der Waals surface area contributed by atoms with Crippen LogP contribution in [-0.4, -0.2) is 13.1 Å². The van der Waals surface area contributed by atoms with E-state index in [4.69, 9.17) is 4.74 Å². The van der Waals surface area contributed by atoms with Crippen molar-refractivity contribution in [1.82, 2.24) is 0 Å². The van der Waals surface area contributed by atoms with E-state index >= 15 is 0 Å². The first-order valence-corrected chi connectivity index (χ1v) is 9.14. The van der Waals surface area contributed by atoms with Gasteiger partial charge in [-0.05, 0) is 36.8 Å². The maximum atomic E-state index is 12.3. The monoisotopic (exact) mass is 334 g/mol. The van der Waals surface area contributed by atoms with Crippen molar-refractivity contribution >= 4 is 29.8 Å². The van der Waals surface area contributed by atoms with E-state index in [1.807, 2.05) is 49.4 Å². The number of carbonyl (C=O) groups is 1. The summed E-state index contributed by atoms with van der Waals surface area (Å²) in [6.45, 7) is 1.99. The molecule has 0 saturated carbocycles. The van der Waals surface area contributed by atoms with E-state index in [1.165, 1.54) is 17.7 Å². The third-order valence-electron chi connectivity index (χ3n) is 3.83. The van der Waals surface area contributed by atoms with E-state index in [0.29, 0.717) is 5.56 Å². The number of hydrogen-bond acceptors (Lipinski definition) is 2. The molecule has 0 aliphatic carbocycles. The molecule has 3 aromatic carbocycles. The number of aryl methyl sites for hydroxylation is 1. The molecular formula is C21H19O2P. The van der Waals surface area contributed by atoms with Gasteiger partial charge in [0.05, 0.1) is 12.7 Å². The molecule has 0 bridgehead atoms. The average Bonchev–Trinajstić information content (AvgIpc) is 2.64. The Morgan fingerprint density at radius 2 is 1.38 bits per heavy atom. The van der Waals surface area contributed by atoms with E-state index in [0.717, 1.165) is 10.9 Å². The van der Waals surface area contributed by atoms with Gasteiger partial charge in [0.1, 0.15) is 0 Å². The molecule has 0 amide bonds. The van der Waals surface area contributed by atoms with Crippen LogP contribution in [0.1, 0.15) is 15.9 Å². The number of carbonyl (C=O) groups excluding carboxylic acids is 1. The number of methoxy groups -OCH3 is 1. The fourth-order valence-corrected chi connectivity index (χ4v) is 5.12. The molecule has 0 atom stereocenters. The van der Waals surface area contributed by atoms with Crippen LogP contribution in [0, 0.1) is 6.92 Å². The predicted octanol–water partition coefficient (Wildman–Crippen LogP) is 3.54. The van der Waals surface area contributed by atoms with Gasteiger partial charge >= 0.3 is 5.97 Å². The second-order valence-corrected chi connectivity index (χ2v) is 7.70. The minimum atomic E-state index is -0.818. The second-order valence-electron chi connectivity index (χ2n) is 5.52. The van der Waals surface area contributed by atoms with Crippen LogP contribution < -0.4 is 15.9 Å². The Labute approximate surface area is 143 Å². The molecule has 24 heavy (non-hydrogen) atoms. The predicted molar refractivity (Wildman–Crippen MR) is 101 cm³/mol. The number of hydrogen-bond donors (Lipinski definition) is 0. The molecule has 0 fully saturated rings. The minimum Gasteiger partial charge on any atom is -0.465 e. The molecule has 3 aromatic rings. The highest BCUT2D eigenvalue weighted by atomic mass is 31.1. The van der Waals surface area contributed by atoms with Gasteiger partial charge in [-0.1, -0.05) is 78.4 Å². The molecule has 2 nitrogen and oxygen atoms in total. The zero-order valence-electron chi connectivity index (χ0n) is 13.8. The zero-order valence-corrected chi connectivity index (χ0v) is 14.7. The molecule has 3 rings (SSSR count). The third-order valence-corrected chi connectivity index (χ3v) is 6.33. The molecule has 0 spiro atoms. The van der Waals surface area contributed by atoms with Crippen LogP contribution in [0.25, 0.3) is 0 Å². The molecule has 0 radical (unpaired) electrons. The number of benzene rings is 3. The highest BCUT2D eigenvalue weighted by Crippen LogP contribution is 2.34. The van der Waals surface area contributed by atoms with Gasteiger partial charge < -0.3 is 4.74 Å². The summed E-state index contributed by atoms with van der Waals surface area (Å²) in [4.78, 5) is 12.3. The number of rotatable bonds is 4. The average molecular weight is 334 g/mol. The molecular weight excluding hydrogens is 315 g/mol. The van der Waals surface area contributed by atoms with Crippen molar-refractivity contribution in [2.45, 2.75) is 6.92 Å². The van der Waals surface area contributed by atoms with Gasteiger partial charge in [-0.3, -0.25) is 0 Å². The lowest BCUT2D eigenvalue weighted by Crippen LogP contribution is -2.25. The molecule has 0 N–H and O–H groups in total. The first kappa shape index (κ1) is 16.4. The van der Waals surface area contributed by atoms with E-state index in [-0.39, 0.29) is 5.97 Å². The van der Waals surface area contributed by atoms with Gasteiger partial charge in [-0.15, -0.1) is 0 Å². The van der Waals surface area contributed by atoms with Crippen LogP contribution in [0.5, 0.6) is 0 Å². The Bertz CT molecular complexity index is 789. The molecule has 3 heteroatoms. The first-order valence-electron chi connectivity index (χ1n) is 7.80. The topological polar surface area (TPSA) is 26.3 Å². The SMILES string of the molecule is COC(=O)c1cc(C)ccc1P(c1ccccc1)c1ccccc1. The van der Waals surface area contributed by atoms with Crippen LogP contribution >= 0.6 is 7.92 Å². The Kier molecular flexibility index (Phi) is 5.08. The molecule has 0 heterocycles. The first-order chi connectivity index (χ1) is 11.7. The van der Waals surface area contributed by atoms with Crippen molar-refractivity contribution in [3.8, 4) is 0 Å². The van der Waals surface area contributed by atoms with Gasteiger partial charge in [-0.2, -0.15) is 0 Å². The number of esters is 1. The maximum Gasteiger partial charge on any atom is 0.338 e. The summed E-state index contributed by atoms with van der Waals surface area (Å²) < 4.78 is 5.03. The summed E-state index contributed by atoms with van der Waals surface area (Å²) in [5.74, 6) is -0.284. The standard InChI is InChI=1S/C21H19O2P/c1-16-13-14-20(19(15-16)21(22)23-2)24(17-9-5-3-6-10-17)18-11-7-4-8-12-18/h3-15H,1-2H3. The highest BCUT2D eigenvalue weighted by molar-refractivity contribution is 7.80. The second kappa shape index (κ2) is 7.42. The van der Waals surface area contributed by atoms with Crippen LogP contribution in [0.4, 0.5) is 0 Å². The van der Waals surface area contributed by atoms with Gasteiger partial charge in [0.2, 0.25) is 0 Å². The van der Waals surface area contributed by atoms with E-state index in [2.05, 4.69) is 36.4 Å². The van der Waals surface area contributed by atoms with Crippen LogP contribution in [0.2, 0.25) is 0 Å². The van der Waals surface area contributed by atoms with Gasteiger partial charge in [0.25, 0.3) is 0 Å². The zero-order chi connectivity index (χ0) is 16.9. The minimum absolute atomic E-state index is 0.284. The van der Waals surface area contributed by atoms with Crippen molar-refractivity contribution < 1.29 is 9.53 Å². The lowest BCUT2D eigenvalue weighted by Gasteiger charge is -2.21. The van der Waals surface area contributed by atoms with Crippen molar-refractivity contribution in [1.29, 1.82) is 0 Å². The molecule has 0 aliphatic heterocycles. The molecule has 120 valence electrons. The highest BCUT2D eigenvalue weighted by Gasteiger charge is 2.22. The summed E-state index contributed by atoms with van der Waals surface area (Å²) in [7, 11) is 0.614. The summed E-state index contributed by atoms with van der Waals surface area (Å²) in [6.07, 6.45) is 0. The largest absolute Gasteiger partial charge is 0.465 e. The smallest absolute Gasteiger partial charge is 0.338 e. The fourth-order valence-electron chi connectivity index (χ4n) is 2.70. The molecule has 0 aliphatic rings. The quantitative estimate of drug-likeness (QED) is 0.539. The van der Waals surface area contributed by atoms with E-state index < -0.39 is 7.92 Å². The normalized spacial score (nSPS) is 10.6. The van der Waals surface area contributed by atoms with E-state index in [1.54, 1.807) is 0 Å². The van der Waals surface area contributed by atoms with Gasteiger partial charge in [0.15, 0.2) is 0 Å². The summed E-state index contributed by atoms with van der Waals surface area (Å²) >= 11 is 0. The Hall–Kier alpha value is -2.44. The summed E-state index contributed by atoms with van der Waals surface area (Å²) in [6, 6.07) is 26.7. The van der Waals surface area contributed by atoms with Gasteiger partial charge in [0, 0.05) is 0 Å². The van der Waals surface area contributed by atoms with Crippen LogP contribution in [0.3, 0.4) is 0 Å². The summed E-state index contributed by atoms with van der Waals surface area (Å²) in [5, 5.41) is 3.46. The lowest BCUT2D eigenvalue weighted by molar-refractivity contribution is 0.0602. The Morgan fingerprint density at radius 1 is 0.833 bits per heavy atom. The Morgan fingerprint density at radius 3 is 1.88 bits per heavy atom. The van der Waals surface area contributed by atoms with Gasteiger partial charge in [-0.25, -0.2) is 4.79 Å². The Balaban J connectivity index is 2.22. The van der Waals surface area contributed by atoms with Crippen molar-refractivity contribution in [2.24, 2.45) is 0 Å². The van der Waals surface area contributed by atoms with Crippen molar-refractivity contribution in [2.75, 3.05) is 7.11 Å². The van der Waals surface area contributed by atoms with Crippen molar-refractivity contribution in [3.05, 3.63) is 90.0 Å².